The first-order valence-corrected chi connectivity index (χ1v) is 17.1. The van der Waals surface area contributed by atoms with E-state index in [1.54, 1.807) is 20.8 Å². The number of aliphatic carboxylic acids is 1. The molecule has 0 aromatic heterocycles. The van der Waals surface area contributed by atoms with Gasteiger partial charge in [0.15, 0.2) is 16.4 Å². The number of sulfone groups is 1. The highest BCUT2D eigenvalue weighted by molar-refractivity contribution is 8.05. The molecule has 2 aromatic carbocycles. The van der Waals surface area contributed by atoms with Crippen molar-refractivity contribution in [3.63, 3.8) is 0 Å². The number of para-hydroxylation sites is 1. The molecule has 0 bridgehead atoms. The van der Waals surface area contributed by atoms with Gasteiger partial charge in [0, 0.05) is 23.9 Å². The van der Waals surface area contributed by atoms with Crippen molar-refractivity contribution in [3.8, 4) is 5.75 Å². The number of carboxylic acids is 1. The minimum atomic E-state index is -4.63. The first-order valence-electron chi connectivity index (χ1n) is 14.8. The fourth-order valence-corrected chi connectivity index (χ4v) is 9.99. The molecule has 1 saturated carbocycles. The summed E-state index contributed by atoms with van der Waals surface area (Å²) in [6, 6.07) is 12.2. The molecule has 11 heteroatoms. The lowest BCUT2D eigenvalue weighted by atomic mass is 9.77. The van der Waals surface area contributed by atoms with Crippen LogP contribution in [0.4, 0.5) is 24.5 Å². The quantitative estimate of drug-likeness (QED) is 0.342. The SMILES string of the molecule is CC1=C(C(=O)O)SC(C)(c2cc3c(cc2OCC(F)(F)F)N(c2ccccc2)C[C@@H](C2CCCCC2)CC(C)S3(=O)=O)C1. The number of benzene rings is 2. The van der Waals surface area contributed by atoms with E-state index in [9.17, 15) is 31.5 Å². The molecular formula is C32H38F3NO5S2. The van der Waals surface area contributed by atoms with Crippen LogP contribution in [-0.4, -0.2) is 44.1 Å². The smallest absolute Gasteiger partial charge is 0.422 e. The normalized spacial score (nSPS) is 26.5. The molecule has 1 fully saturated rings. The van der Waals surface area contributed by atoms with Crippen molar-refractivity contribution in [2.24, 2.45) is 11.8 Å². The van der Waals surface area contributed by atoms with Gasteiger partial charge < -0.3 is 14.7 Å². The van der Waals surface area contributed by atoms with Crippen LogP contribution in [0.15, 0.2) is 57.8 Å². The Bertz CT molecular complexity index is 1500. The molecule has 1 aliphatic carbocycles. The number of halogens is 3. The topological polar surface area (TPSA) is 83.9 Å². The molecule has 0 saturated heterocycles. The van der Waals surface area contributed by atoms with Crippen molar-refractivity contribution >= 4 is 38.9 Å². The Morgan fingerprint density at radius 3 is 2.40 bits per heavy atom. The van der Waals surface area contributed by atoms with Crippen LogP contribution < -0.4 is 9.64 Å². The first kappa shape index (κ1) is 31.8. The van der Waals surface area contributed by atoms with Gasteiger partial charge in [-0.2, -0.15) is 13.2 Å². The third-order valence-electron chi connectivity index (χ3n) is 9.10. The maximum Gasteiger partial charge on any atom is 0.422 e. The Balaban J connectivity index is 1.72. The largest absolute Gasteiger partial charge is 0.484 e. The van der Waals surface area contributed by atoms with Gasteiger partial charge in [0.05, 0.1) is 25.5 Å². The molecule has 2 aromatic rings. The molecule has 43 heavy (non-hydrogen) atoms. The Kier molecular flexibility index (Phi) is 8.88. The molecule has 5 rings (SSSR count). The van der Waals surface area contributed by atoms with Crippen molar-refractivity contribution < 1.29 is 36.2 Å². The Hall–Kier alpha value is -2.66. The van der Waals surface area contributed by atoms with Gasteiger partial charge in [0.1, 0.15) is 5.75 Å². The van der Waals surface area contributed by atoms with Crippen LogP contribution in [0.5, 0.6) is 5.75 Å². The molecule has 2 unspecified atom stereocenters. The molecule has 3 atom stereocenters. The predicted molar refractivity (Wildman–Crippen MR) is 163 cm³/mol. The molecular weight excluding hydrogens is 599 g/mol. The number of hydrogen-bond acceptors (Lipinski definition) is 6. The van der Waals surface area contributed by atoms with E-state index in [2.05, 4.69) is 0 Å². The van der Waals surface area contributed by atoms with Crippen LogP contribution >= 0.6 is 11.8 Å². The van der Waals surface area contributed by atoms with Crippen LogP contribution in [0.3, 0.4) is 0 Å². The number of ether oxygens (including phenoxy) is 1. The number of anilines is 2. The highest BCUT2D eigenvalue weighted by Crippen LogP contribution is 2.56. The lowest BCUT2D eigenvalue weighted by Crippen LogP contribution is -2.38. The number of rotatable bonds is 6. The molecule has 0 radical (unpaired) electrons. The van der Waals surface area contributed by atoms with E-state index in [1.807, 2.05) is 35.2 Å². The minimum Gasteiger partial charge on any atom is -0.484 e. The Labute approximate surface area is 255 Å². The Morgan fingerprint density at radius 2 is 1.79 bits per heavy atom. The average molecular weight is 638 g/mol. The predicted octanol–water partition coefficient (Wildman–Crippen LogP) is 8.24. The number of nitrogens with zero attached hydrogens (tertiary/aromatic N) is 1. The number of carbonyl (C=O) groups is 1. The second-order valence-corrected chi connectivity index (χ2v) is 16.2. The summed E-state index contributed by atoms with van der Waals surface area (Å²) in [5, 5.41) is 9.05. The minimum absolute atomic E-state index is 0.0311. The second-order valence-electron chi connectivity index (χ2n) is 12.3. The van der Waals surface area contributed by atoms with Gasteiger partial charge in [0.2, 0.25) is 0 Å². The number of carboxylic acid groups (broad SMARTS) is 1. The van der Waals surface area contributed by atoms with E-state index in [0.29, 0.717) is 24.5 Å². The van der Waals surface area contributed by atoms with E-state index in [4.69, 9.17) is 4.74 Å². The van der Waals surface area contributed by atoms with E-state index in [0.717, 1.165) is 43.1 Å². The van der Waals surface area contributed by atoms with Crippen LogP contribution in [0, 0.1) is 11.8 Å². The van der Waals surface area contributed by atoms with Crippen molar-refractivity contribution in [3.05, 3.63) is 58.5 Å². The van der Waals surface area contributed by atoms with Gasteiger partial charge in [-0.15, -0.1) is 11.8 Å². The summed E-state index contributed by atoms with van der Waals surface area (Å²) >= 11 is 1.02. The standard InChI is InChI=1S/C32H38F3NO5S2/c1-20-17-31(3,42-29(20)30(37)38)25-15-28-26(16-27(25)41-19-32(33,34)35)36(24-12-8-5-9-13-24)18-23(14-21(2)43(28,39)40)22-10-6-4-7-11-22/h5,8-9,12-13,15-16,21-23H,4,6-7,10-11,14,17-19H2,1-3H3,(H,37,38)/t21?,23-,31?/m0/s1. The fourth-order valence-electron chi connectivity index (χ4n) is 6.97. The summed E-state index contributed by atoms with van der Waals surface area (Å²) in [7, 11) is -3.93. The summed E-state index contributed by atoms with van der Waals surface area (Å²) in [6.07, 6.45) is 1.50. The highest BCUT2D eigenvalue weighted by Gasteiger charge is 2.44. The van der Waals surface area contributed by atoms with E-state index in [1.165, 1.54) is 18.6 Å². The maximum absolute atomic E-state index is 14.4. The molecule has 2 aliphatic heterocycles. The molecule has 2 heterocycles. The van der Waals surface area contributed by atoms with Crippen LogP contribution in [0.25, 0.3) is 0 Å². The molecule has 0 spiro atoms. The molecule has 0 amide bonds. The van der Waals surface area contributed by atoms with Gasteiger partial charge in [-0.05, 0) is 63.6 Å². The monoisotopic (exact) mass is 637 g/mol. The van der Waals surface area contributed by atoms with Crippen LogP contribution in [0.2, 0.25) is 0 Å². The van der Waals surface area contributed by atoms with Gasteiger partial charge in [-0.1, -0.05) is 55.9 Å². The number of fused-ring (bicyclic) bond motifs is 1. The van der Waals surface area contributed by atoms with Crippen molar-refractivity contribution in [2.75, 3.05) is 18.1 Å². The molecule has 6 nitrogen and oxygen atoms in total. The lowest BCUT2D eigenvalue weighted by molar-refractivity contribution is -0.153. The molecule has 1 N–H and O–H groups in total. The van der Waals surface area contributed by atoms with E-state index >= 15 is 0 Å². The van der Waals surface area contributed by atoms with Gasteiger partial charge >= 0.3 is 12.1 Å². The Morgan fingerprint density at radius 1 is 1.12 bits per heavy atom. The van der Waals surface area contributed by atoms with Crippen molar-refractivity contribution in [1.29, 1.82) is 0 Å². The summed E-state index contributed by atoms with van der Waals surface area (Å²) in [5.74, 6) is -0.785. The molecule has 3 aliphatic rings. The first-order chi connectivity index (χ1) is 20.2. The average Bonchev–Trinajstić information content (AvgIpc) is 3.28. The van der Waals surface area contributed by atoms with Gasteiger partial charge in [-0.25, -0.2) is 13.2 Å². The number of thioether (sulfide) groups is 1. The van der Waals surface area contributed by atoms with E-state index in [-0.39, 0.29) is 39.1 Å². The van der Waals surface area contributed by atoms with Crippen molar-refractivity contribution in [2.45, 2.75) is 86.8 Å². The number of alkyl halides is 3. The maximum atomic E-state index is 14.4. The zero-order valence-electron chi connectivity index (χ0n) is 24.6. The van der Waals surface area contributed by atoms with Crippen molar-refractivity contribution in [1.82, 2.24) is 0 Å². The molecule has 234 valence electrons. The third-order valence-corrected chi connectivity index (χ3v) is 12.8. The summed E-state index contributed by atoms with van der Waals surface area (Å²) in [4.78, 5) is 14.0. The van der Waals surface area contributed by atoms with Crippen LogP contribution in [-0.2, 0) is 19.4 Å². The summed E-state index contributed by atoms with van der Waals surface area (Å²) < 4.78 is 73.6. The zero-order chi connectivity index (χ0) is 31.2. The van der Waals surface area contributed by atoms with E-state index < -0.39 is 38.6 Å². The summed E-state index contributed by atoms with van der Waals surface area (Å²) in [5.41, 5.74) is 1.85. The zero-order valence-corrected chi connectivity index (χ0v) is 26.2. The van der Waals surface area contributed by atoms with Gasteiger partial charge in [-0.3, -0.25) is 0 Å². The third kappa shape index (κ3) is 6.57. The number of hydrogen-bond donors (Lipinski definition) is 1. The lowest BCUT2D eigenvalue weighted by Gasteiger charge is -2.40. The van der Waals surface area contributed by atoms with Crippen LogP contribution in [0.1, 0.15) is 71.3 Å². The fraction of sp³-hybridized carbons (Fsp3) is 0.531. The number of allylic oxidation sites excluding steroid dienone is 1. The second kappa shape index (κ2) is 12.0. The summed E-state index contributed by atoms with van der Waals surface area (Å²) in [6.45, 7) is 4.09. The van der Waals surface area contributed by atoms with Gasteiger partial charge in [0.25, 0.3) is 0 Å². The highest BCUT2D eigenvalue weighted by atomic mass is 32.2.